The standard InChI is InChI=1S/C13H15FN4O/c1-8(2)18-7-9(15)5-11(18)13(19)17-10-3-4-12(14)16-6-10/h3-8H,15H2,1-2H3,(H,17,19). The minimum absolute atomic E-state index is 0.115. The van der Waals surface area contributed by atoms with Crippen molar-refractivity contribution in [2.45, 2.75) is 19.9 Å². The lowest BCUT2D eigenvalue weighted by Gasteiger charge is -2.12. The SMILES string of the molecule is CC(C)n1cc(N)cc1C(=O)Nc1ccc(F)nc1. The number of hydrogen-bond donors (Lipinski definition) is 2. The third-order valence-electron chi connectivity index (χ3n) is 2.64. The van der Waals surface area contributed by atoms with Crippen molar-refractivity contribution >= 4 is 17.3 Å². The van der Waals surface area contributed by atoms with Gasteiger partial charge in [0.25, 0.3) is 5.91 Å². The predicted octanol–water partition coefficient (Wildman–Crippen LogP) is 2.44. The number of carbonyl (C=O) groups is 1. The number of amides is 1. The second kappa shape index (κ2) is 5.09. The first-order valence-electron chi connectivity index (χ1n) is 5.87. The second-order valence-electron chi connectivity index (χ2n) is 4.48. The van der Waals surface area contributed by atoms with Crippen molar-refractivity contribution in [1.29, 1.82) is 0 Å². The van der Waals surface area contributed by atoms with Gasteiger partial charge in [0.2, 0.25) is 5.95 Å². The zero-order valence-corrected chi connectivity index (χ0v) is 10.7. The molecule has 0 spiro atoms. The minimum Gasteiger partial charge on any atom is -0.397 e. The summed E-state index contributed by atoms with van der Waals surface area (Å²) in [5.74, 6) is -0.897. The van der Waals surface area contributed by atoms with E-state index in [1.54, 1.807) is 16.8 Å². The molecule has 0 saturated heterocycles. The van der Waals surface area contributed by atoms with Crippen LogP contribution in [0.3, 0.4) is 0 Å². The van der Waals surface area contributed by atoms with Gasteiger partial charge in [-0.15, -0.1) is 0 Å². The highest BCUT2D eigenvalue weighted by Gasteiger charge is 2.15. The molecule has 0 fully saturated rings. The summed E-state index contributed by atoms with van der Waals surface area (Å²) in [6.45, 7) is 3.91. The van der Waals surface area contributed by atoms with E-state index in [1.165, 1.54) is 18.3 Å². The maximum atomic E-state index is 12.7. The van der Waals surface area contributed by atoms with Crippen molar-refractivity contribution in [3.8, 4) is 0 Å². The lowest BCUT2D eigenvalue weighted by molar-refractivity contribution is 0.101. The van der Waals surface area contributed by atoms with Gasteiger partial charge >= 0.3 is 0 Å². The zero-order valence-electron chi connectivity index (χ0n) is 10.7. The van der Waals surface area contributed by atoms with Gasteiger partial charge in [-0.25, -0.2) is 4.98 Å². The number of aromatic nitrogens is 2. The summed E-state index contributed by atoms with van der Waals surface area (Å²) < 4.78 is 14.5. The van der Waals surface area contributed by atoms with E-state index in [4.69, 9.17) is 5.73 Å². The molecule has 0 aliphatic rings. The lowest BCUT2D eigenvalue weighted by Crippen LogP contribution is -2.17. The number of nitrogens with one attached hydrogen (secondary N) is 1. The number of pyridine rings is 1. The van der Waals surface area contributed by atoms with Crippen molar-refractivity contribution in [2.75, 3.05) is 11.1 Å². The van der Waals surface area contributed by atoms with Gasteiger partial charge in [0, 0.05) is 12.2 Å². The first kappa shape index (κ1) is 13.1. The van der Waals surface area contributed by atoms with E-state index in [9.17, 15) is 9.18 Å². The first-order chi connectivity index (χ1) is 8.97. The number of nitrogens with two attached hydrogens (primary N) is 1. The molecule has 0 radical (unpaired) electrons. The van der Waals surface area contributed by atoms with Crippen LogP contribution < -0.4 is 11.1 Å². The van der Waals surface area contributed by atoms with E-state index in [1.807, 2.05) is 13.8 Å². The molecule has 6 heteroatoms. The van der Waals surface area contributed by atoms with Crippen LogP contribution in [0.4, 0.5) is 15.8 Å². The summed E-state index contributed by atoms with van der Waals surface area (Å²) >= 11 is 0. The molecular weight excluding hydrogens is 247 g/mol. The Bertz CT molecular complexity index is 589. The average Bonchev–Trinajstić information content (AvgIpc) is 2.74. The van der Waals surface area contributed by atoms with E-state index < -0.39 is 5.95 Å². The van der Waals surface area contributed by atoms with Gasteiger partial charge in [-0.1, -0.05) is 0 Å². The fourth-order valence-corrected chi connectivity index (χ4v) is 1.75. The molecule has 100 valence electrons. The molecule has 0 unspecified atom stereocenters. The van der Waals surface area contributed by atoms with Gasteiger partial charge < -0.3 is 15.6 Å². The van der Waals surface area contributed by atoms with Gasteiger partial charge in [-0.05, 0) is 32.0 Å². The normalized spacial score (nSPS) is 10.7. The van der Waals surface area contributed by atoms with Crippen LogP contribution in [0.25, 0.3) is 0 Å². The summed E-state index contributed by atoms with van der Waals surface area (Å²) in [5, 5.41) is 2.65. The van der Waals surface area contributed by atoms with E-state index in [-0.39, 0.29) is 11.9 Å². The van der Waals surface area contributed by atoms with Crippen LogP contribution in [0.15, 0.2) is 30.6 Å². The number of anilines is 2. The molecule has 0 atom stereocenters. The smallest absolute Gasteiger partial charge is 0.272 e. The molecule has 19 heavy (non-hydrogen) atoms. The van der Waals surface area contributed by atoms with E-state index in [0.717, 1.165) is 0 Å². The number of carbonyl (C=O) groups excluding carboxylic acids is 1. The monoisotopic (exact) mass is 262 g/mol. The highest BCUT2D eigenvalue weighted by atomic mass is 19.1. The summed E-state index contributed by atoms with van der Waals surface area (Å²) in [6, 6.07) is 4.36. The third kappa shape index (κ3) is 2.90. The highest BCUT2D eigenvalue weighted by molar-refractivity contribution is 6.03. The van der Waals surface area contributed by atoms with Gasteiger partial charge in [-0.2, -0.15) is 4.39 Å². The van der Waals surface area contributed by atoms with Gasteiger partial charge in [0.05, 0.1) is 17.6 Å². The number of rotatable bonds is 3. The van der Waals surface area contributed by atoms with Crippen molar-refractivity contribution in [3.05, 3.63) is 42.2 Å². The molecule has 0 saturated carbocycles. The fourth-order valence-electron chi connectivity index (χ4n) is 1.75. The lowest BCUT2D eigenvalue weighted by atomic mass is 10.3. The molecule has 0 aromatic carbocycles. The molecule has 2 rings (SSSR count). The summed E-state index contributed by atoms with van der Waals surface area (Å²) in [7, 11) is 0. The summed E-state index contributed by atoms with van der Waals surface area (Å²) in [5.41, 5.74) is 7.12. The Morgan fingerprint density at radius 1 is 1.47 bits per heavy atom. The Labute approximate surface area is 110 Å². The molecule has 0 aliphatic heterocycles. The van der Waals surface area contributed by atoms with Gasteiger partial charge in [0.1, 0.15) is 5.69 Å². The third-order valence-corrected chi connectivity index (χ3v) is 2.64. The summed E-state index contributed by atoms with van der Waals surface area (Å²) in [6.07, 6.45) is 2.97. The van der Waals surface area contributed by atoms with E-state index in [0.29, 0.717) is 17.1 Å². The summed E-state index contributed by atoms with van der Waals surface area (Å²) in [4.78, 5) is 15.6. The number of halogens is 1. The quantitative estimate of drug-likeness (QED) is 0.834. The van der Waals surface area contributed by atoms with E-state index >= 15 is 0 Å². The van der Waals surface area contributed by atoms with Crippen molar-refractivity contribution in [3.63, 3.8) is 0 Å². The largest absolute Gasteiger partial charge is 0.397 e. The van der Waals surface area contributed by atoms with Crippen LogP contribution in [0, 0.1) is 5.95 Å². The fraction of sp³-hybridized carbons (Fsp3) is 0.231. The van der Waals surface area contributed by atoms with E-state index in [2.05, 4.69) is 10.3 Å². The average molecular weight is 262 g/mol. The Kier molecular flexibility index (Phi) is 3.50. The molecule has 0 aliphatic carbocycles. The molecular formula is C13H15FN4O. The predicted molar refractivity (Wildman–Crippen MR) is 71.4 cm³/mol. The van der Waals surface area contributed by atoms with Crippen LogP contribution in [-0.4, -0.2) is 15.5 Å². The Morgan fingerprint density at radius 3 is 2.79 bits per heavy atom. The van der Waals surface area contributed by atoms with Crippen LogP contribution >= 0.6 is 0 Å². The van der Waals surface area contributed by atoms with Gasteiger partial charge in [0.15, 0.2) is 0 Å². The Balaban J connectivity index is 2.22. The molecule has 1 amide bonds. The molecule has 3 N–H and O–H groups in total. The number of hydrogen-bond acceptors (Lipinski definition) is 3. The first-order valence-corrected chi connectivity index (χ1v) is 5.87. The van der Waals surface area contributed by atoms with Crippen molar-refractivity contribution in [2.24, 2.45) is 0 Å². The number of nitrogen functional groups attached to an aromatic ring is 1. The molecule has 0 bridgehead atoms. The van der Waals surface area contributed by atoms with Gasteiger partial charge in [-0.3, -0.25) is 4.79 Å². The minimum atomic E-state index is -0.590. The molecule has 2 heterocycles. The van der Waals surface area contributed by atoms with Crippen LogP contribution in [0.5, 0.6) is 0 Å². The second-order valence-corrected chi connectivity index (χ2v) is 4.48. The van der Waals surface area contributed by atoms with Crippen LogP contribution in [-0.2, 0) is 0 Å². The molecule has 2 aromatic rings. The van der Waals surface area contributed by atoms with Crippen LogP contribution in [0.2, 0.25) is 0 Å². The topological polar surface area (TPSA) is 72.9 Å². The van der Waals surface area contributed by atoms with Crippen molar-refractivity contribution in [1.82, 2.24) is 9.55 Å². The molecule has 5 nitrogen and oxygen atoms in total. The van der Waals surface area contributed by atoms with Crippen LogP contribution in [0.1, 0.15) is 30.4 Å². The Hall–Kier alpha value is -2.37. The zero-order chi connectivity index (χ0) is 14.0. The number of nitrogens with zero attached hydrogens (tertiary/aromatic N) is 2. The highest BCUT2D eigenvalue weighted by Crippen LogP contribution is 2.18. The maximum Gasteiger partial charge on any atom is 0.272 e. The Morgan fingerprint density at radius 2 is 2.21 bits per heavy atom. The maximum absolute atomic E-state index is 12.7. The molecule has 2 aromatic heterocycles. The van der Waals surface area contributed by atoms with Crippen molar-refractivity contribution < 1.29 is 9.18 Å².